The molecule has 0 heterocycles. The van der Waals surface area contributed by atoms with E-state index in [1.54, 1.807) is 6.92 Å². The second-order valence-electron chi connectivity index (χ2n) is 4.41. The molecule has 0 fully saturated rings. The Labute approximate surface area is 118 Å². The zero-order valence-corrected chi connectivity index (χ0v) is 11.9. The third-order valence-corrected chi connectivity index (χ3v) is 2.33. The first-order chi connectivity index (χ1) is 9.02. The van der Waals surface area contributed by atoms with Gasteiger partial charge in [0.1, 0.15) is 0 Å². The minimum absolute atomic E-state index is 0.0374. The van der Waals surface area contributed by atoms with Crippen LogP contribution in [0.15, 0.2) is 36.5 Å². The molecular formula is C14H20O6. The van der Waals surface area contributed by atoms with E-state index in [1.807, 2.05) is 0 Å². The van der Waals surface area contributed by atoms with Crippen LogP contribution in [0.3, 0.4) is 0 Å². The minimum atomic E-state index is -3.03. The smallest absolute Gasteiger partial charge is 0.367 e. The van der Waals surface area contributed by atoms with Crippen LogP contribution in [0.5, 0.6) is 0 Å². The van der Waals surface area contributed by atoms with Gasteiger partial charge in [-0.2, -0.15) is 0 Å². The van der Waals surface area contributed by atoms with Crippen molar-refractivity contribution in [2.24, 2.45) is 0 Å². The van der Waals surface area contributed by atoms with Crippen LogP contribution in [0, 0.1) is 0 Å². The fourth-order valence-electron chi connectivity index (χ4n) is 1.10. The van der Waals surface area contributed by atoms with Crippen LogP contribution in [-0.2, 0) is 19.1 Å². The van der Waals surface area contributed by atoms with Crippen LogP contribution < -0.4 is 0 Å². The van der Waals surface area contributed by atoms with Crippen LogP contribution in [-0.4, -0.2) is 34.2 Å². The maximum absolute atomic E-state index is 11.5. The van der Waals surface area contributed by atoms with Gasteiger partial charge in [0.05, 0.1) is 0 Å². The van der Waals surface area contributed by atoms with Crippen molar-refractivity contribution < 1.29 is 29.3 Å². The van der Waals surface area contributed by atoms with Crippen molar-refractivity contribution in [1.29, 1.82) is 0 Å². The lowest BCUT2D eigenvalue weighted by Crippen LogP contribution is -2.49. The molecule has 0 spiro atoms. The van der Waals surface area contributed by atoms with E-state index in [-0.39, 0.29) is 23.1 Å². The Morgan fingerprint density at radius 2 is 1.55 bits per heavy atom. The number of carbonyl (C=O) groups is 2. The number of aliphatic hydroxyl groups is 2. The topological polar surface area (TPSA) is 93.1 Å². The van der Waals surface area contributed by atoms with Crippen molar-refractivity contribution in [1.82, 2.24) is 0 Å². The lowest BCUT2D eigenvalue weighted by atomic mass is 10.1. The molecule has 1 unspecified atom stereocenters. The average Bonchev–Trinajstić information content (AvgIpc) is 2.33. The molecule has 0 aromatic rings. The van der Waals surface area contributed by atoms with Crippen LogP contribution in [0.25, 0.3) is 0 Å². The molecule has 20 heavy (non-hydrogen) atoms. The number of carbonyl (C=O) groups excluding carboxylic acids is 2. The van der Waals surface area contributed by atoms with E-state index in [2.05, 4.69) is 24.5 Å². The van der Waals surface area contributed by atoms with Crippen molar-refractivity contribution in [3.8, 4) is 0 Å². The Kier molecular flexibility index (Phi) is 6.35. The highest BCUT2D eigenvalue weighted by Crippen LogP contribution is 2.23. The van der Waals surface area contributed by atoms with Gasteiger partial charge in [0.15, 0.2) is 0 Å². The second kappa shape index (κ2) is 7.02. The first-order valence-corrected chi connectivity index (χ1v) is 5.90. The summed E-state index contributed by atoms with van der Waals surface area (Å²) in [6.45, 7) is 14.6. The molecule has 0 aliphatic rings. The Balaban J connectivity index is 5.24. The van der Waals surface area contributed by atoms with Gasteiger partial charge < -0.3 is 19.7 Å². The molecule has 0 aliphatic heterocycles. The molecule has 6 nitrogen and oxygen atoms in total. The molecule has 0 radical (unpaired) electrons. The van der Waals surface area contributed by atoms with E-state index < -0.39 is 24.0 Å². The molecule has 0 saturated heterocycles. The van der Waals surface area contributed by atoms with Gasteiger partial charge in [-0.15, -0.1) is 0 Å². The van der Waals surface area contributed by atoms with Gasteiger partial charge >= 0.3 is 17.9 Å². The summed E-state index contributed by atoms with van der Waals surface area (Å²) in [5.41, 5.74) is 0.185. The molecule has 1 atom stereocenters. The van der Waals surface area contributed by atoms with Crippen LogP contribution in [0.2, 0.25) is 0 Å². The zero-order valence-electron chi connectivity index (χ0n) is 11.9. The minimum Gasteiger partial charge on any atom is -0.444 e. The molecule has 0 saturated carbocycles. The predicted octanol–water partition coefficient (Wildman–Crippen LogP) is 1.20. The second-order valence-corrected chi connectivity index (χ2v) is 4.41. The summed E-state index contributed by atoms with van der Waals surface area (Å²) in [6.07, 6.45) is -1.35. The molecule has 2 N–H and O–H groups in total. The van der Waals surface area contributed by atoms with Crippen molar-refractivity contribution >= 4 is 11.9 Å². The van der Waals surface area contributed by atoms with Gasteiger partial charge in [0.2, 0.25) is 6.10 Å². The molecule has 0 bridgehead atoms. The third-order valence-electron chi connectivity index (χ3n) is 2.33. The third kappa shape index (κ3) is 4.99. The number of ether oxygens (including phenoxy) is 2. The SMILES string of the molecule is C=C(C)C(=O)OC(C(=C)CC)C(O)(O)OC(=O)C(=C)C. The van der Waals surface area contributed by atoms with Gasteiger partial charge in [0.25, 0.3) is 0 Å². The van der Waals surface area contributed by atoms with E-state index in [0.29, 0.717) is 0 Å². The molecule has 0 aliphatic carbocycles. The van der Waals surface area contributed by atoms with Crippen LogP contribution in [0.4, 0.5) is 0 Å². The molecule has 0 aromatic heterocycles. The van der Waals surface area contributed by atoms with E-state index in [9.17, 15) is 19.8 Å². The maximum atomic E-state index is 11.5. The molecule has 0 amide bonds. The van der Waals surface area contributed by atoms with E-state index >= 15 is 0 Å². The van der Waals surface area contributed by atoms with Gasteiger partial charge in [0, 0.05) is 11.1 Å². The maximum Gasteiger partial charge on any atom is 0.367 e. The van der Waals surface area contributed by atoms with Crippen LogP contribution in [0.1, 0.15) is 27.2 Å². The first-order valence-electron chi connectivity index (χ1n) is 5.90. The van der Waals surface area contributed by atoms with Crippen molar-refractivity contribution in [3.05, 3.63) is 36.5 Å². The Morgan fingerprint density at radius 3 is 1.90 bits per heavy atom. The highest BCUT2D eigenvalue weighted by Gasteiger charge is 2.43. The fourth-order valence-corrected chi connectivity index (χ4v) is 1.10. The van der Waals surface area contributed by atoms with E-state index in [4.69, 9.17) is 4.74 Å². The highest BCUT2D eigenvalue weighted by molar-refractivity contribution is 5.88. The summed E-state index contributed by atoms with van der Waals surface area (Å²) in [7, 11) is 0. The number of hydrogen-bond acceptors (Lipinski definition) is 6. The van der Waals surface area contributed by atoms with Gasteiger partial charge in [-0.25, -0.2) is 9.59 Å². The summed E-state index contributed by atoms with van der Waals surface area (Å²) < 4.78 is 9.34. The van der Waals surface area contributed by atoms with Gasteiger partial charge in [-0.05, 0) is 25.8 Å². The highest BCUT2D eigenvalue weighted by atomic mass is 16.8. The normalized spacial score (nSPS) is 12.2. The lowest BCUT2D eigenvalue weighted by molar-refractivity contribution is -0.350. The monoisotopic (exact) mass is 284 g/mol. The summed E-state index contributed by atoms with van der Waals surface area (Å²) in [6, 6.07) is 0. The number of esters is 2. The molecule has 0 aromatic carbocycles. The fraction of sp³-hybridized carbons (Fsp3) is 0.429. The molecular weight excluding hydrogens is 264 g/mol. The summed E-state index contributed by atoms with van der Waals surface area (Å²) >= 11 is 0. The van der Waals surface area contributed by atoms with E-state index in [1.165, 1.54) is 13.8 Å². The number of rotatable bonds is 7. The number of hydrogen-bond donors (Lipinski definition) is 2. The van der Waals surface area contributed by atoms with Gasteiger partial charge in [-0.1, -0.05) is 26.7 Å². The quantitative estimate of drug-likeness (QED) is 0.316. The molecule has 0 rings (SSSR count). The molecule has 112 valence electrons. The van der Waals surface area contributed by atoms with Crippen molar-refractivity contribution in [2.75, 3.05) is 0 Å². The largest absolute Gasteiger partial charge is 0.444 e. The Bertz CT molecular complexity index is 447. The van der Waals surface area contributed by atoms with Crippen molar-refractivity contribution in [3.63, 3.8) is 0 Å². The Morgan fingerprint density at radius 1 is 1.10 bits per heavy atom. The Hall–Kier alpha value is -1.92. The van der Waals surface area contributed by atoms with Crippen molar-refractivity contribution in [2.45, 2.75) is 39.3 Å². The molecule has 6 heteroatoms. The summed E-state index contributed by atoms with van der Waals surface area (Å²) in [5.74, 6) is -4.92. The first kappa shape index (κ1) is 18.1. The zero-order chi connectivity index (χ0) is 16.1. The summed E-state index contributed by atoms with van der Waals surface area (Å²) in [4.78, 5) is 22.9. The average molecular weight is 284 g/mol. The summed E-state index contributed by atoms with van der Waals surface area (Å²) in [5, 5.41) is 19.7. The predicted molar refractivity (Wildman–Crippen MR) is 72.2 cm³/mol. The standard InChI is InChI=1S/C14H20O6/c1-7-10(6)11(19-12(15)8(2)3)14(17,18)20-13(16)9(4)5/h11,17-18H,2,4,6-7H2,1,3,5H3. The van der Waals surface area contributed by atoms with Gasteiger partial charge in [-0.3, -0.25) is 0 Å². The lowest BCUT2D eigenvalue weighted by Gasteiger charge is -2.30. The van der Waals surface area contributed by atoms with E-state index in [0.717, 1.165) is 0 Å². The van der Waals surface area contributed by atoms with Crippen LogP contribution >= 0.6 is 0 Å².